The summed E-state index contributed by atoms with van der Waals surface area (Å²) in [5, 5.41) is 0. The SMILES string of the molecule is CCCC[C@@H](C(=O)OCC(=O)c1ccc(C)c(C)c1)N1C(=O)c2ccccc2C1=O. The molecule has 3 rings (SSSR count). The van der Waals surface area contributed by atoms with E-state index in [0.29, 0.717) is 18.4 Å². The second-order valence-corrected chi connectivity index (χ2v) is 7.51. The van der Waals surface area contributed by atoms with Crippen LogP contribution in [0.15, 0.2) is 42.5 Å². The number of aryl methyl sites for hydroxylation is 2. The van der Waals surface area contributed by atoms with Crippen molar-refractivity contribution in [2.75, 3.05) is 6.61 Å². The Morgan fingerprint density at radius 3 is 2.17 bits per heavy atom. The molecule has 1 aliphatic rings. The van der Waals surface area contributed by atoms with Crippen LogP contribution in [0.25, 0.3) is 0 Å². The molecule has 0 saturated heterocycles. The Hall–Kier alpha value is -3.28. The molecular formula is C24H25NO5. The zero-order valence-electron chi connectivity index (χ0n) is 17.4. The number of fused-ring (bicyclic) bond motifs is 1. The van der Waals surface area contributed by atoms with Crippen LogP contribution in [0.4, 0.5) is 0 Å². The van der Waals surface area contributed by atoms with Gasteiger partial charge < -0.3 is 4.74 Å². The molecule has 156 valence electrons. The molecule has 0 fully saturated rings. The first-order chi connectivity index (χ1) is 14.3. The lowest BCUT2D eigenvalue weighted by atomic mass is 10.0. The summed E-state index contributed by atoms with van der Waals surface area (Å²) in [7, 11) is 0. The number of ketones is 1. The minimum atomic E-state index is -1.05. The van der Waals surface area contributed by atoms with Crippen LogP contribution in [-0.4, -0.2) is 41.1 Å². The Kier molecular flexibility index (Phi) is 6.45. The number of hydrogen-bond donors (Lipinski definition) is 0. The summed E-state index contributed by atoms with van der Waals surface area (Å²) >= 11 is 0. The molecule has 1 atom stereocenters. The first-order valence-corrected chi connectivity index (χ1v) is 10.1. The van der Waals surface area contributed by atoms with Gasteiger partial charge in [0.2, 0.25) is 0 Å². The van der Waals surface area contributed by atoms with E-state index in [-0.39, 0.29) is 16.9 Å². The molecule has 0 aromatic heterocycles. The number of unbranched alkanes of at least 4 members (excludes halogenated alkanes) is 1. The van der Waals surface area contributed by atoms with Gasteiger partial charge in [0, 0.05) is 5.56 Å². The van der Waals surface area contributed by atoms with Crippen LogP contribution >= 0.6 is 0 Å². The predicted molar refractivity (Wildman–Crippen MR) is 111 cm³/mol. The molecule has 2 aromatic carbocycles. The van der Waals surface area contributed by atoms with Gasteiger partial charge in [-0.25, -0.2) is 4.79 Å². The Morgan fingerprint density at radius 2 is 1.60 bits per heavy atom. The van der Waals surface area contributed by atoms with Gasteiger partial charge >= 0.3 is 5.97 Å². The van der Waals surface area contributed by atoms with E-state index in [9.17, 15) is 19.2 Å². The van der Waals surface area contributed by atoms with Gasteiger partial charge in [-0.3, -0.25) is 19.3 Å². The van der Waals surface area contributed by atoms with Crippen molar-refractivity contribution < 1.29 is 23.9 Å². The molecule has 0 saturated carbocycles. The number of Topliss-reactive ketones (excluding diaryl/α,β-unsaturated/α-hetero) is 1. The number of benzene rings is 2. The zero-order valence-corrected chi connectivity index (χ0v) is 17.4. The van der Waals surface area contributed by atoms with E-state index in [2.05, 4.69) is 0 Å². The monoisotopic (exact) mass is 407 g/mol. The molecule has 1 heterocycles. The van der Waals surface area contributed by atoms with E-state index in [1.807, 2.05) is 26.8 Å². The maximum atomic E-state index is 12.8. The van der Waals surface area contributed by atoms with Gasteiger partial charge in [0.25, 0.3) is 11.8 Å². The third-order valence-electron chi connectivity index (χ3n) is 5.41. The number of carbonyl (C=O) groups is 4. The average molecular weight is 407 g/mol. The summed E-state index contributed by atoms with van der Waals surface area (Å²) in [6.45, 7) is 5.37. The smallest absolute Gasteiger partial charge is 0.329 e. The average Bonchev–Trinajstić information content (AvgIpc) is 2.99. The van der Waals surface area contributed by atoms with Gasteiger partial charge in [-0.15, -0.1) is 0 Å². The standard InChI is InChI=1S/C24H25NO5/c1-4-5-10-20(25-22(27)18-8-6-7-9-19(18)23(25)28)24(29)30-14-21(26)17-12-11-15(2)16(3)13-17/h6-9,11-13,20H,4-5,10,14H2,1-3H3/t20-/m0/s1. The van der Waals surface area contributed by atoms with Crippen LogP contribution in [0.3, 0.4) is 0 Å². The first kappa shape index (κ1) is 21.4. The van der Waals surface area contributed by atoms with E-state index in [1.54, 1.807) is 36.4 Å². The molecular weight excluding hydrogens is 382 g/mol. The molecule has 0 aliphatic carbocycles. The van der Waals surface area contributed by atoms with Crippen molar-refractivity contribution >= 4 is 23.6 Å². The summed E-state index contributed by atoms with van der Waals surface area (Å²) in [6, 6.07) is 10.7. The highest BCUT2D eigenvalue weighted by Gasteiger charge is 2.43. The zero-order chi connectivity index (χ0) is 21.8. The van der Waals surface area contributed by atoms with Crippen molar-refractivity contribution in [3.05, 3.63) is 70.3 Å². The van der Waals surface area contributed by atoms with Crippen LogP contribution < -0.4 is 0 Å². The fourth-order valence-corrected chi connectivity index (χ4v) is 3.47. The summed E-state index contributed by atoms with van der Waals surface area (Å²) in [5.41, 5.74) is 3.05. The molecule has 6 nitrogen and oxygen atoms in total. The Morgan fingerprint density at radius 1 is 0.967 bits per heavy atom. The van der Waals surface area contributed by atoms with Crippen molar-refractivity contribution in [2.45, 2.75) is 46.1 Å². The summed E-state index contributed by atoms with van der Waals surface area (Å²) in [5.74, 6) is -2.08. The largest absolute Gasteiger partial charge is 0.456 e. The van der Waals surface area contributed by atoms with Crippen molar-refractivity contribution in [1.29, 1.82) is 0 Å². The number of rotatable bonds is 8. The minimum absolute atomic E-state index is 0.281. The highest BCUT2D eigenvalue weighted by atomic mass is 16.5. The third kappa shape index (κ3) is 4.17. The number of esters is 1. The van der Waals surface area contributed by atoms with Crippen LogP contribution in [0.5, 0.6) is 0 Å². The minimum Gasteiger partial charge on any atom is -0.456 e. The van der Waals surface area contributed by atoms with E-state index in [4.69, 9.17) is 4.74 Å². The van der Waals surface area contributed by atoms with E-state index in [0.717, 1.165) is 22.4 Å². The molecule has 0 radical (unpaired) electrons. The third-order valence-corrected chi connectivity index (χ3v) is 5.41. The maximum Gasteiger partial charge on any atom is 0.329 e. The van der Waals surface area contributed by atoms with Crippen LogP contribution in [0, 0.1) is 13.8 Å². The predicted octanol–water partition coefficient (Wildman–Crippen LogP) is 3.88. The van der Waals surface area contributed by atoms with E-state index >= 15 is 0 Å². The summed E-state index contributed by atoms with van der Waals surface area (Å²) < 4.78 is 5.26. The molecule has 2 amide bonds. The molecule has 0 bridgehead atoms. The number of ether oxygens (including phenoxy) is 1. The highest BCUT2D eigenvalue weighted by Crippen LogP contribution is 2.27. The maximum absolute atomic E-state index is 12.8. The fourth-order valence-electron chi connectivity index (χ4n) is 3.47. The van der Waals surface area contributed by atoms with Crippen molar-refractivity contribution in [1.82, 2.24) is 4.90 Å². The highest BCUT2D eigenvalue weighted by molar-refractivity contribution is 6.22. The molecule has 2 aromatic rings. The van der Waals surface area contributed by atoms with Crippen LogP contribution in [-0.2, 0) is 9.53 Å². The van der Waals surface area contributed by atoms with Crippen LogP contribution in [0.1, 0.15) is 68.4 Å². The van der Waals surface area contributed by atoms with Gasteiger partial charge in [-0.2, -0.15) is 0 Å². The second-order valence-electron chi connectivity index (χ2n) is 7.51. The Bertz CT molecular complexity index is 975. The van der Waals surface area contributed by atoms with Gasteiger partial charge in [0.05, 0.1) is 11.1 Å². The topological polar surface area (TPSA) is 80.8 Å². The van der Waals surface area contributed by atoms with Gasteiger partial charge in [0.15, 0.2) is 12.4 Å². The number of hydrogen-bond acceptors (Lipinski definition) is 5. The van der Waals surface area contributed by atoms with Gasteiger partial charge in [-0.05, 0) is 49.6 Å². The summed E-state index contributed by atoms with van der Waals surface area (Å²) in [4.78, 5) is 51.8. The normalized spacial score (nSPS) is 13.9. The van der Waals surface area contributed by atoms with Crippen molar-refractivity contribution in [3.8, 4) is 0 Å². The molecule has 1 aliphatic heterocycles. The van der Waals surface area contributed by atoms with E-state index < -0.39 is 30.4 Å². The molecule has 0 unspecified atom stereocenters. The van der Waals surface area contributed by atoms with Crippen molar-refractivity contribution in [2.24, 2.45) is 0 Å². The van der Waals surface area contributed by atoms with Gasteiger partial charge in [0.1, 0.15) is 6.04 Å². The number of nitrogens with zero attached hydrogens (tertiary/aromatic N) is 1. The lowest BCUT2D eigenvalue weighted by molar-refractivity contribution is -0.147. The molecule has 0 spiro atoms. The Balaban J connectivity index is 1.75. The second kappa shape index (κ2) is 9.03. The quantitative estimate of drug-likeness (QED) is 0.377. The lowest BCUT2D eigenvalue weighted by Gasteiger charge is -2.24. The van der Waals surface area contributed by atoms with Crippen molar-refractivity contribution in [3.63, 3.8) is 0 Å². The summed E-state index contributed by atoms with van der Waals surface area (Å²) in [6.07, 6.45) is 1.71. The molecule has 0 N–H and O–H groups in total. The first-order valence-electron chi connectivity index (χ1n) is 10.1. The van der Waals surface area contributed by atoms with E-state index in [1.165, 1.54) is 0 Å². The Labute approximate surface area is 175 Å². The number of carbonyl (C=O) groups excluding carboxylic acids is 4. The van der Waals surface area contributed by atoms with Crippen LogP contribution in [0.2, 0.25) is 0 Å². The number of amides is 2. The number of imide groups is 1. The molecule has 30 heavy (non-hydrogen) atoms. The lowest BCUT2D eigenvalue weighted by Crippen LogP contribution is -2.46. The molecule has 6 heteroatoms. The fraction of sp³-hybridized carbons (Fsp3) is 0.333. The van der Waals surface area contributed by atoms with Gasteiger partial charge in [-0.1, -0.05) is 44.0 Å².